The molecule has 4 nitrogen and oxygen atoms in total. The average molecular weight is 311 g/mol. The molecule has 0 radical (unpaired) electrons. The maximum Gasteiger partial charge on any atom is 0.257 e. The van der Waals surface area contributed by atoms with E-state index in [0.29, 0.717) is 16.7 Å². The number of aromatic amines is 1. The minimum absolute atomic E-state index is 0.144. The fourth-order valence-corrected chi connectivity index (χ4v) is 2.71. The smallest absolute Gasteiger partial charge is 0.257 e. The Morgan fingerprint density at radius 3 is 2.46 bits per heavy atom. The summed E-state index contributed by atoms with van der Waals surface area (Å²) in [5.41, 5.74) is 8.50. The standard InChI is InChI=1S/C20H13N3O/c21-15-9-6-13(7-10-15)5-8-14-11-12-22-19-18(14)16-3-1-2-4-17(16)20(24)23-19/h1-4,6-7,9-12H,21H2,(H,22,23,24). The first-order valence-corrected chi connectivity index (χ1v) is 7.50. The third-order valence-electron chi connectivity index (χ3n) is 3.88. The van der Waals surface area contributed by atoms with Gasteiger partial charge in [-0.05, 0) is 41.8 Å². The Morgan fingerprint density at radius 1 is 0.917 bits per heavy atom. The van der Waals surface area contributed by atoms with E-state index in [1.807, 2.05) is 48.5 Å². The van der Waals surface area contributed by atoms with Gasteiger partial charge in [0.15, 0.2) is 0 Å². The minimum atomic E-state index is -0.144. The molecule has 4 rings (SSSR count). The molecule has 0 unspecified atom stereocenters. The summed E-state index contributed by atoms with van der Waals surface area (Å²) in [5, 5.41) is 2.34. The van der Waals surface area contributed by atoms with Crippen LogP contribution in [0.1, 0.15) is 11.1 Å². The lowest BCUT2D eigenvalue weighted by Gasteiger charge is -2.04. The quantitative estimate of drug-likeness (QED) is 0.298. The van der Waals surface area contributed by atoms with E-state index < -0.39 is 0 Å². The highest BCUT2D eigenvalue weighted by Gasteiger charge is 2.08. The monoisotopic (exact) mass is 311 g/mol. The maximum absolute atomic E-state index is 12.2. The second kappa shape index (κ2) is 5.56. The van der Waals surface area contributed by atoms with Crippen molar-refractivity contribution in [1.82, 2.24) is 9.97 Å². The fraction of sp³-hybridized carbons (Fsp3) is 0. The molecule has 0 aliphatic carbocycles. The van der Waals surface area contributed by atoms with Crippen molar-refractivity contribution in [1.29, 1.82) is 0 Å². The van der Waals surface area contributed by atoms with Crippen LogP contribution in [0.25, 0.3) is 21.8 Å². The molecule has 2 aromatic heterocycles. The molecular weight excluding hydrogens is 298 g/mol. The van der Waals surface area contributed by atoms with Gasteiger partial charge in [-0.25, -0.2) is 4.98 Å². The van der Waals surface area contributed by atoms with E-state index in [1.165, 1.54) is 0 Å². The zero-order valence-electron chi connectivity index (χ0n) is 12.7. The van der Waals surface area contributed by atoms with Crippen molar-refractivity contribution < 1.29 is 0 Å². The summed E-state index contributed by atoms with van der Waals surface area (Å²) in [6, 6.07) is 16.7. The third kappa shape index (κ3) is 2.38. The van der Waals surface area contributed by atoms with Gasteiger partial charge in [0.2, 0.25) is 0 Å². The van der Waals surface area contributed by atoms with Crippen LogP contribution < -0.4 is 11.3 Å². The Morgan fingerprint density at radius 2 is 1.67 bits per heavy atom. The normalized spacial score (nSPS) is 10.5. The number of H-pyrrole nitrogens is 1. The molecule has 0 saturated carbocycles. The number of rotatable bonds is 0. The van der Waals surface area contributed by atoms with Crippen LogP contribution in [-0.2, 0) is 0 Å². The molecule has 114 valence electrons. The molecular formula is C20H13N3O. The molecule has 0 saturated heterocycles. The van der Waals surface area contributed by atoms with Crippen LogP contribution in [0.4, 0.5) is 5.69 Å². The summed E-state index contributed by atoms with van der Waals surface area (Å²) in [7, 11) is 0. The Hall–Kier alpha value is -3.58. The number of nitrogen functional groups attached to an aromatic ring is 1. The summed E-state index contributed by atoms with van der Waals surface area (Å²) in [6.45, 7) is 0. The molecule has 0 aliphatic heterocycles. The van der Waals surface area contributed by atoms with E-state index in [0.717, 1.165) is 21.9 Å². The SMILES string of the molecule is Nc1ccc(C#Cc2ccnc3[nH]c(=O)c4ccccc4c23)cc1. The summed E-state index contributed by atoms with van der Waals surface area (Å²) in [6.07, 6.45) is 1.65. The highest BCUT2D eigenvalue weighted by Crippen LogP contribution is 2.22. The number of nitrogens with two attached hydrogens (primary N) is 1. The van der Waals surface area contributed by atoms with Gasteiger partial charge in [-0.15, -0.1) is 0 Å². The van der Waals surface area contributed by atoms with Crippen molar-refractivity contribution in [3.05, 3.63) is 82.3 Å². The first-order chi connectivity index (χ1) is 11.7. The van der Waals surface area contributed by atoms with Gasteiger partial charge < -0.3 is 10.7 Å². The number of pyridine rings is 2. The lowest BCUT2D eigenvalue weighted by Crippen LogP contribution is -2.07. The predicted molar refractivity (Wildman–Crippen MR) is 96.7 cm³/mol. The molecule has 0 amide bonds. The van der Waals surface area contributed by atoms with E-state index in [4.69, 9.17) is 5.73 Å². The van der Waals surface area contributed by atoms with Crippen molar-refractivity contribution in [2.45, 2.75) is 0 Å². The van der Waals surface area contributed by atoms with E-state index in [9.17, 15) is 4.79 Å². The molecule has 3 N–H and O–H groups in total. The van der Waals surface area contributed by atoms with Gasteiger partial charge >= 0.3 is 0 Å². The van der Waals surface area contributed by atoms with E-state index >= 15 is 0 Å². The summed E-state index contributed by atoms with van der Waals surface area (Å²) < 4.78 is 0. The fourth-order valence-electron chi connectivity index (χ4n) is 2.71. The van der Waals surface area contributed by atoms with Crippen LogP contribution in [0.15, 0.2) is 65.6 Å². The molecule has 4 heteroatoms. The van der Waals surface area contributed by atoms with Crippen LogP contribution >= 0.6 is 0 Å². The maximum atomic E-state index is 12.2. The number of aromatic nitrogens is 2. The van der Waals surface area contributed by atoms with Crippen molar-refractivity contribution >= 4 is 27.5 Å². The second-order valence-corrected chi connectivity index (χ2v) is 5.45. The number of nitrogens with zero attached hydrogens (tertiary/aromatic N) is 1. The zero-order valence-corrected chi connectivity index (χ0v) is 12.7. The van der Waals surface area contributed by atoms with Gasteiger partial charge in [-0.3, -0.25) is 4.79 Å². The average Bonchev–Trinajstić information content (AvgIpc) is 2.61. The number of fused-ring (bicyclic) bond motifs is 3. The van der Waals surface area contributed by atoms with Crippen molar-refractivity contribution in [3.63, 3.8) is 0 Å². The van der Waals surface area contributed by atoms with E-state index in [-0.39, 0.29) is 5.56 Å². The zero-order chi connectivity index (χ0) is 16.5. The summed E-state index contributed by atoms with van der Waals surface area (Å²) in [4.78, 5) is 19.3. The van der Waals surface area contributed by atoms with Crippen LogP contribution in [0.3, 0.4) is 0 Å². The van der Waals surface area contributed by atoms with Gasteiger partial charge in [0.05, 0.1) is 0 Å². The highest BCUT2D eigenvalue weighted by atomic mass is 16.1. The molecule has 0 aliphatic rings. The molecule has 0 bridgehead atoms. The number of hydrogen-bond acceptors (Lipinski definition) is 3. The number of hydrogen-bond donors (Lipinski definition) is 2. The minimum Gasteiger partial charge on any atom is -0.399 e. The van der Waals surface area contributed by atoms with Gasteiger partial charge in [-0.2, -0.15) is 0 Å². The largest absolute Gasteiger partial charge is 0.399 e. The van der Waals surface area contributed by atoms with E-state index in [1.54, 1.807) is 12.3 Å². The molecule has 0 atom stereocenters. The van der Waals surface area contributed by atoms with Gasteiger partial charge in [0, 0.05) is 33.8 Å². The molecule has 2 heterocycles. The first kappa shape index (κ1) is 14.0. The molecule has 0 fully saturated rings. The van der Waals surface area contributed by atoms with Crippen molar-refractivity contribution in [3.8, 4) is 11.8 Å². The Bertz CT molecular complexity index is 1180. The number of benzene rings is 2. The highest BCUT2D eigenvalue weighted by molar-refractivity contribution is 6.06. The number of anilines is 1. The first-order valence-electron chi connectivity index (χ1n) is 7.50. The Kier molecular flexibility index (Phi) is 3.25. The van der Waals surface area contributed by atoms with Gasteiger partial charge in [-0.1, -0.05) is 30.0 Å². The van der Waals surface area contributed by atoms with Crippen molar-refractivity contribution in [2.24, 2.45) is 0 Å². The second-order valence-electron chi connectivity index (χ2n) is 5.45. The van der Waals surface area contributed by atoms with E-state index in [2.05, 4.69) is 21.8 Å². The van der Waals surface area contributed by atoms with Gasteiger partial charge in [0.25, 0.3) is 5.56 Å². The van der Waals surface area contributed by atoms with Crippen LogP contribution in [0.2, 0.25) is 0 Å². The molecule has 2 aromatic carbocycles. The lowest BCUT2D eigenvalue weighted by molar-refractivity contribution is 1.25. The molecule has 0 spiro atoms. The van der Waals surface area contributed by atoms with Crippen LogP contribution in [-0.4, -0.2) is 9.97 Å². The lowest BCUT2D eigenvalue weighted by atomic mass is 10.0. The van der Waals surface area contributed by atoms with Crippen LogP contribution in [0, 0.1) is 11.8 Å². The summed E-state index contributed by atoms with van der Waals surface area (Å²) >= 11 is 0. The third-order valence-corrected chi connectivity index (χ3v) is 3.88. The topological polar surface area (TPSA) is 71.8 Å². The molecule has 4 aromatic rings. The number of nitrogens with one attached hydrogen (secondary N) is 1. The Balaban J connectivity index is 1.98. The van der Waals surface area contributed by atoms with Crippen molar-refractivity contribution in [2.75, 3.05) is 5.73 Å². The molecule has 24 heavy (non-hydrogen) atoms. The van der Waals surface area contributed by atoms with Crippen LogP contribution in [0.5, 0.6) is 0 Å². The van der Waals surface area contributed by atoms with Gasteiger partial charge in [0.1, 0.15) is 5.65 Å². The Labute approximate surface area is 138 Å². The predicted octanol–water partition coefficient (Wildman–Crippen LogP) is 3.06. The summed E-state index contributed by atoms with van der Waals surface area (Å²) in [5.74, 6) is 6.32.